The normalized spacial score (nSPS) is 10.4. The zero-order chi connectivity index (χ0) is 14.7. The molecule has 21 heavy (non-hydrogen) atoms. The fraction of sp³-hybridized carbons (Fsp3) is 0.118. The van der Waals surface area contributed by atoms with Gasteiger partial charge in [-0.3, -0.25) is 10.9 Å². The Morgan fingerprint density at radius 1 is 0.952 bits per heavy atom. The predicted molar refractivity (Wildman–Crippen MR) is 90.7 cm³/mol. The van der Waals surface area contributed by atoms with Crippen LogP contribution in [0.15, 0.2) is 53.9 Å². The van der Waals surface area contributed by atoms with Crippen LogP contribution in [0.1, 0.15) is 11.1 Å². The molecule has 106 valence electrons. The van der Waals surface area contributed by atoms with Crippen LogP contribution in [-0.4, -0.2) is 4.98 Å². The van der Waals surface area contributed by atoms with Gasteiger partial charge >= 0.3 is 0 Å². The van der Waals surface area contributed by atoms with Gasteiger partial charge in [0.1, 0.15) is 0 Å². The SMILES string of the molecule is Cc1ccc(C)c(-c2csc(NNc3ccccc3)n2)c1. The van der Waals surface area contributed by atoms with Crippen molar-refractivity contribution in [1.82, 2.24) is 4.98 Å². The highest BCUT2D eigenvalue weighted by molar-refractivity contribution is 7.14. The zero-order valence-corrected chi connectivity index (χ0v) is 12.9. The summed E-state index contributed by atoms with van der Waals surface area (Å²) in [6, 6.07) is 16.4. The highest BCUT2D eigenvalue weighted by Crippen LogP contribution is 2.28. The van der Waals surface area contributed by atoms with Gasteiger partial charge in [0.2, 0.25) is 5.13 Å². The zero-order valence-electron chi connectivity index (χ0n) is 12.1. The summed E-state index contributed by atoms with van der Waals surface area (Å²) in [7, 11) is 0. The Bertz CT molecular complexity index is 735. The van der Waals surface area contributed by atoms with Crippen molar-refractivity contribution in [2.24, 2.45) is 0 Å². The van der Waals surface area contributed by atoms with Crippen molar-refractivity contribution < 1.29 is 0 Å². The van der Waals surface area contributed by atoms with Crippen LogP contribution in [-0.2, 0) is 0 Å². The van der Waals surface area contributed by atoms with Gasteiger partial charge in [-0.2, -0.15) is 0 Å². The first kappa shape index (κ1) is 13.6. The monoisotopic (exact) mass is 295 g/mol. The number of benzene rings is 2. The van der Waals surface area contributed by atoms with Gasteiger partial charge in [-0.15, -0.1) is 11.3 Å². The van der Waals surface area contributed by atoms with Gasteiger partial charge in [0.05, 0.1) is 11.4 Å². The molecule has 2 N–H and O–H groups in total. The number of hydrogen-bond donors (Lipinski definition) is 2. The maximum atomic E-state index is 4.64. The van der Waals surface area contributed by atoms with Gasteiger partial charge in [0, 0.05) is 10.9 Å². The van der Waals surface area contributed by atoms with Crippen molar-refractivity contribution in [3.63, 3.8) is 0 Å². The average molecular weight is 295 g/mol. The molecule has 2 aromatic carbocycles. The first-order chi connectivity index (χ1) is 10.2. The highest BCUT2D eigenvalue weighted by atomic mass is 32.1. The van der Waals surface area contributed by atoms with Crippen LogP contribution < -0.4 is 10.9 Å². The van der Waals surface area contributed by atoms with E-state index in [0.29, 0.717) is 0 Å². The number of para-hydroxylation sites is 1. The Kier molecular flexibility index (Phi) is 3.88. The van der Waals surface area contributed by atoms with Gasteiger partial charge in [0.25, 0.3) is 0 Å². The van der Waals surface area contributed by atoms with Crippen LogP contribution in [0.4, 0.5) is 10.8 Å². The topological polar surface area (TPSA) is 37.0 Å². The summed E-state index contributed by atoms with van der Waals surface area (Å²) in [6.07, 6.45) is 0. The lowest BCUT2D eigenvalue weighted by atomic mass is 10.0. The van der Waals surface area contributed by atoms with Gasteiger partial charge in [-0.1, -0.05) is 35.9 Å². The third kappa shape index (κ3) is 3.23. The maximum absolute atomic E-state index is 4.64. The third-order valence-electron chi connectivity index (χ3n) is 3.26. The Labute approximate surface area is 128 Å². The first-order valence-electron chi connectivity index (χ1n) is 6.82. The van der Waals surface area contributed by atoms with Crippen LogP contribution in [0.25, 0.3) is 11.3 Å². The van der Waals surface area contributed by atoms with E-state index in [0.717, 1.165) is 16.5 Å². The maximum Gasteiger partial charge on any atom is 0.202 e. The lowest BCUT2D eigenvalue weighted by Gasteiger charge is -2.06. The van der Waals surface area contributed by atoms with Crippen molar-refractivity contribution in [2.75, 3.05) is 10.9 Å². The number of aromatic nitrogens is 1. The Hall–Kier alpha value is -2.33. The lowest BCUT2D eigenvalue weighted by molar-refractivity contribution is 1.31. The fourth-order valence-corrected chi connectivity index (χ4v) is 2.78. The van der Waals surface area contributed by atoms with Gasteiger partial charge < -0.3 is 0 Å². The minimum absolute atomic E-state index is 0.856. The minimum Gasteiger partial charge on any atom is -0.299 e. The van der Waals surface area contributed by atoms with Crippen molar-refractivity contribution in [1.29, 1.82) is 0 Å². The van der Waals surface area contributed by atoms with E-state index in [9.17, 15) is 0 Å². The molecule has 0 unspecified atom stereocenters. The second kappa shape index (κ2) is 5.97. The largest absolute Gasteiger partial charge is 0.299 e. The molecular weight excluding hydrogens is 278 g/mol. The standard InChI is InChI=1S/C17H17N3S/c1-12-8-9-13(2)15(10-12)16-11-21-17(18-16)20-19-14-6-4-3-5-7-14/h3-11,19H,1-2H3,(H,18,20). The molecule has 0 fully saturated rings. The number of hydrazine groups is 1. The number of rotatable bonds is 4. The number of nitrogens with one attached hydrogen (secondary N) is 2. The number of thiazole rings is 1. The summed E-state index contributed by atoms with van der Waals surface area (Å²) in [5.74, 6) is 0. The molecule has 0 spiro atoms. The van der Waals surface area contributed by atoms with Crippen LogP contribution in [0, 0.1) is 13.8 Å². The summed E-state index contributed by atoms with van der Waals surface area (Å²) in [5.41, 5.74) is 12.0. The Morgan fingerprint density at radius 2 is 1.76 bits per heavy atom. The Balaban J connectivity index is 1.76. The number of nitrogens with zero attached hydrogens (tertiary/aromatic N) is 1. The average Bonchev–Trinajstić information content (AvgIpc) is 2.97. The van der Waals surface area contributed by atoms with Crippen molar-refractivity contribution in [2.45, 2.75) is 13.8 Å². The van der Waals surface area contributed by atoms with E-state index in [2.05, 4.69) is 53.3 Å². The molecule has 3 aromatic rings. The predicted octanol–water partition coefficient (Wildman–Crippen LogP) is 4.87. The van der Waals surface area contributed by atoms with E-state index < -0.39 is 0 Å². The summed E-state index contributed by atoms with van der Waals surface area (Å²) >= 11 is 1.59. The first-order valence-corrected chi connectivity index (χ1v) is 7.70. The van der Waals surface area contributed by atoms with E-state index in [1.165, 1.54) is 16.7 Å². The third-order valence-corrected chi connectivity index (χ3v) is 4.02. The summed E-state index contributed by atoms with van der Waals surface area (Å²) in [4.78, 5) is 4.64. The summed E-state index contributed by atoms with van der Waals surface area (Å²) < 4.78 is 0. The number of aryl methyl sites for hydroxylation is 2. The molecule has 3 nitrogen and oxygen atoms in total. The van der Waals surface area contributed by atoms with E-state index >= 15 is 0 Å². The lowest BCUT2D eigenvalue weighted by Crippen LogP contribution is -2.07. The smallest absolute Gasteiger partial charge is 0.202 e. The molecule has 1 heterocycles. The van der Waals surface area contributed by atoms with Crippen molar-refractivity contribution in [3.05, 3.63) is 65.0 Å². The second-order valence-corrected chi connectivity index (χ2v) is 5.83. The number of anilines is 2. The minimum atomic E-state index is 0.856. The molecule has 0 saturated heterocycles. The van der Waals surface area contributed by atoms with Gasteiger partial charge in [0.15, 0.2) is 0 Å². The summed E-state index contributed by atoms with van der Waals surface area (Å²) in [6.45, 7) is 4.22. The molecular formula is C17H17N3S. The van der Waals surface area contributed by atoms with Gasteiger partial charge in [-0.25, -0.2) is 4.98 Å². The Morgan fingerprint density at radius 3 is 2.57 bits per heavy atom. The van der Waals surface area contributed by atoms with E-state index in [4.69, 9.17) is 0 Å². The van der Waals surface area contributed by atoms with Crippen LogP contribution in [0.5, 0.6) is 0 Å². The van der Waals surface area contributed by atoms with Crippen LogP contribution in [0.2, 0.25) is 0 Å². The van der Waals surface area contributed by atoms with Crippen molar-refractivity contribution >= 4 is 22.2 Å². The fourth-order valence-electron chi connectivity index (χ4n) is 2.11. The molecule has 3 rings (SSSR count). The van der Waals surface area contributed by atoms with E-state index in [1.807, 2.05) is 30.3 Å². The van der Waals surface area contributed by atoms with Crippen LogP contribution in [0.3, 0.4) is 0 Å². The second-order valence-electron chi connectivity index (χ2n) is 4.97. The molecule has 0 amide bonds. The summed E-state index contributed by atoms with van der Waals surface area (Å²) in [5, 5.41) is 2.94. The molecule has 4 heteroatoms. The molecule has 0 aliphatic rings. The molecule has 0 radical (unpaired) electrons. The molecule has 1 aromatic heterocycles. The van der Waals surface area contributed by atoms with Gasteiger partial charge in [-0.05, 0) is 37.6 Å². The van der Waals surface area contributed by atoms with Crippen LogP contribution >= 0.6 is 11.3 Å². The molecule has 0 aliphatic heterocycles. The molecule has 0 aliphatic carbocycles. The highest BCUT2D eigenvalue weighted by Gasteiger charge is 2.07. The molecule has 0 saturated carbocycles. The van der Waals surface area contributed by atoms with E-state index in [-0.39, 0.29) is 0 Å². The quantitative estimate of drug-likeness (QED) is 0.674. The number of hydrogen-bond acceptors (Lipinski definition) is 4. The van der Waals surface area contributed by atoms with Crippen molar-refractivity contribution in [3.8, 4) is 11.3 Å². The molecule has 0 bridgehead atoms. The van der Waals surface area contributed by atoms with E-state index in [1.54, 1.807) is 11.3 Å². The molecule has 0 atom stereocenters.